The highest BCUT2D eigenvalue weighted by atomic mass is 16.6. The van der Waals surface area contributed by atoms with Crippen molar-refractivity contribution in [2.75, 3.05) is 32.8 Å². The fourth-order valence-corrected chi connectivity index (χ4v) is 4.11. The molecule has 0 spiro atoms. The number of ether oxygens (including phenoxy) is 3. The Morgan fingerprint density at radius 2 is 1.69 bits per heavy atom. The number of rotatable bonds is 5. The van der Waals surface area contributed by atoms with Gasteiger partial charge in [0.05, 0.1) is 0 Å². The maximum atomic E-state index is 12.7. The van der Waals surface area contributed by atoms with Gasteiger partial charge in [-0.25, -0.2) is 0 Å². The van der Waals surface area contributed by atoms with E-state index in [1.807, 2.05) is 36.4 Å². The number of carbonyl (C=O) groups excluding carboxylic acids is 1. The molecule has 2 heterocycles. The van der Waals surface area contributed by atoms with Crippen LogP contribution in [0, 0.1) is 0 Å². The minimum atomic E-state index is -0.118. The molecule has 1 N–H and O–H groups in total. The molecule has 0 saturated heterocycles. The molecule has 1 atom stereocenters. The summed E-state index contributed by atoms with van der Waals surface area (Å²) in [6.07, 6.45) is -0.0617. The minimum absolute atomic E-state index is 0.0617. The summed E-state index contributed by atoms with van der Waals surface area (Å²) in [5.74, 6) is 2.11. The largest absolute Gasteiger partial charge is 0.486 e. The molecular formula is C26H26N2O4. The number of benzene rings is 3. The van der Waals surface area contributed by atoms with Crippen LogP contribution in [0.3, 0.4) is 0 Å². The van der Waals surface area contributed by atoms with Crippen molar-refractivity contribution in [3.8, 4) is 17.2 Å². The van der Waals surface area contributed by atoms with Crippen LogP contribution >= 0.6 is 0 Å². The Kier molecular flexibility index (Phi) is 5.94. The second kappa shape index (κ2) is 9.32. The summed E-state index contributed by atoms with van der Waals surface area (Å²) in [4.78, 5) is 15.0. The lowest BCUT2D eigenvalue weighted by atomic mass is 10.1. The second-order valence-corrected chi connectivity index (χ2v) is 7.97. The molecule has 3 aromatic rings. The first-order valence-corrected chi connectivity index (χ1v) is 11.0. The molecule has 3 aromatic carbocycles. The predicted octanol–water partition coefficient (Wildman–Crippen LogP) is 3.82. The van der Waals surface area contributed by atoms with Gasteiger partial charge in [0, 0.05) is 37.3 Å². The van der Waals surface area contributed by atoms with Crippen molar-refractivity contribution in [2.24, 2.45) is 0 Å². The maximum Gasteiger partial charge on any atom is 0.251 e. The van der Waals surface area contributed by atoms with Crippen molar-refractivity contribution >= 4 is 5.91 Å². The Hall–Kier alpha value is -3.51. The van der Waals surface area contributed by atoms with Gasteiger partial charge in [-0.2, -0.15) is 0 Å². The molecule has 0 saturated carbocycles. The fraction of sp³-hybridized carbons (Fsp3) is 0.269. The predicted molar refractivity (Wildman–Crippen MR) is 121 cm³/mol. The van der Waals surface area contributed by atoms with Crippen LogP contribution in [0.1, 0.15) is 27.6 Å². The lowest BCUT2D eigenvalue weighted by Gasteiger charge is -2.24. The van der Waals surface area contributed by atoms with E-state index < -0.39 is 0 Å². The quantitative estimate of drug-likeness (QED) is 0.667. The van der Waals surface area contributed by atoms with Crippen LogP contribution < -0.4 is 19.5 Å². The van der Waals surface area contributed by atoms with E-state index >= 15 is 0 Å². The van der Waals surface area contributed by atoms with Crippen LogP contribution in [0.5, 0.6) is 17.2 Å². The summed E-state index contributed by atoms with van der Waals surface area (Å²) in [6, 6.07) is 23.7. The zero-order valence-electron chi connectivity index (χ0n) is 17.8. The zero-order valence-corrected chi connectivity index (χ0v) is 17.8. The monoisotopic (exact) mass is 430 g/mol. The summed E-state index contributed by atoms with van der Waals surface area (Å²) in [7, 11) is 0. The van der Waals surface area contributed by atoms with Crippen LogP contribution in [0.15, 0.2) is 72.8 Å². The van der Waals surface area contributed by atoms with Crippen molar-refractivity contribution < 1.29 is 19.0 Å². The van der Waals surface area contributed by atoms with E-state index in [0.29, 0.717) is 36.8 Å². The minimum Gasteiger partial charge on any atom is -0.486 e. The SMILES string of the molecule is O=C(NCCN1Cc2ccccc2O[C@@H](c2ccccc2)C1)c1ccc2c(c1)OCCO2. The van der Waals surface area contributed by atoms with E-state index in [-0.39, 0.29) is 12.0 Å². The van der Waals surface area contributed by atoms with Gasteiger partial charge in [-0.1, -0.05) is 48.5 Å². The summed E-state index contributed by atoms with van der Waals surface area (Å²) in [5.41, 5.74) is 2.87. The molecule has 1 amide bonds. The molecule has 0 aliphatic carbocycles. The van der Waals surface area contributed by atoms with E-state index in [2.05, 4.69) is 28.4 Å². The Bertz CT molecular complexity index is 1090. The third-order valence-corrected chi connectivity index (χ3v) is 5.75. The van der Waals surface area contributed by atoms with Crippen molar-refractivity contribution in [2.45, 2.75) is 12.6 Å². The van der Waals surface area contributed by atoms with Crippen molar-refractivity contribution in [1.29, 1.82) is 0 Å². The molecule has 32 heavy (non-hydrogen) atoms. The van der Waals surface area contributed by atoms with E-state index in [1.54, 1.807) is 18.2 Å². The van der Waals surface area contributed by atoms with Crippen LogP contribution in [-0.4, -0.2) is 43.7 Å². The smallest absolute Gasteiger partial charge is 0.251 e. The topological polar surface area (TPSA) is 60.0 Å². The number of hydrogen-bond acceptors (Lipinski definition) is 5. The molecule has 2 aliphatic rings. The molecule has 6 nitrogen and oxygen atoms in total. The van der Waals surface area contributed by atoms with Crippen molar-refractivity contribution in [3.63, 3.8) is 0 Å². The standard InChI is InChI=1S/C26H26N2O4/c29-26(20-10-11-23-24(16-20)31-15-14-30-23)27-12-13-28-17-21-8-4-5-9-22(21)32-25(18-28)19-6-2-1-3-7-19/h1-11,16,25H,12-15,17-18H2,(H,27,29)/t25-/m1/s1. The maximum absolute atomic E-state index is 12.7. The fourth-order valence-electron chi connectivity index (χ4n) is 4.11. The summed E-state index contributed by atoms with van der Waals surface area (Å²) < 4.78 is 17.5. The van der Waals surface area contributed by atoms with E-state index in [1.165, 1.54) is 0 Å². The molecule has 6 heteroatoms. The molecular weight excluding hydrogens is 404 g/mol. The Labute approximate surface area is 187 Å². The van der Waals surface area contributed by atoms with Crippen LogP contribution in [0.4, 0.5) is 0 Å². The Balaban J connectivity index is 1.24. The average molecular weight is 431 g/mol. The highest BCUT2D eigenvalue weighted by Gasteiger charge is 2.24. The number of para-hydroxylation sites is 1. The van der Waals surface area contributed by atoms with Gasteiger partial charge >= 0.3 is 0 Å². The summed E-state index contributed by atoms with van der Waals surface area (Å²) in [5, 5.41) is 3.03. The molecule has 2 aliphatic heterocycles. The normalized spacial score (nSPS) is 17.6. The van der Waals surface area contributed by atoms with Gasteiger partial charge in [-0.3, -0.25) is 9.69 Å². The molecule has 0 unspecified atom stereocenters. The Morgan fingerprint density at radius 3 is 2.56 bits per heavy atom. The highest BCUT2D eigenvalue weighted by molar-refractivity contribution is 5.94. The van der Waals surface area contributed by atoms with Gasteiger partial charge in [0.15, 0.2) is 11.5 Å². The van der Waals surface area contributed by atoms with E-state index in [9.17, 15) is 4.79 Å². The van der Waals surface area contributed by atoms with Crippen LogP contribution in [-0.2, 0) is 6.54 Å². The molecule has 0 aromatic heterocycles. The highest BCUT2D eigenvalue weighted by Crippen LogP contribution is 2.32. The third-order valence-electron chi connectivity index (χ3n) is 5.75. The number of nitrogens with zero attached hydrogens (tertiary/aromatic N) is 1. The third kappa shape index (κ3) is 4.55. The first-order valence-electron chi connectivity index (χ1n) is 11.0. The van der Waals surface area contributed by atoms with Crippen LogP contribution in [0.25, 0.3) is 0 Å². The number of fused-ring (bicyclic) bond motifs is 2. The van der Waals surface area contributed by atoms with Gasteiger partial charge in [-0.15, -0.1) is 0 Å². The molecule has 0 bridgehead atoms. The second-order valence-electron chi connectivity index (χ2n) is 7.97. The van der Waals surface area contributed by atoms with E-state index in [4.69, 9.17) is 14.2 Å². The number of amides is 1. The molecule has 5 rings (SSSR count). The Morgan fingerprint density at radius 1 is 0.906 bits per heavy atom. The molecule has 0 fully saturated rings. The van der Waals surface area contributed by atoms with E-state index in [0.717, 1.165) is 36.5 Å². The average Bonchev–Trinajstić information content (AvgIpc) is 3.03. The first kappa shape index (κ1) is 20.4. The first-order chi connectivity index (χ1) is 15.8. The van der Waals surface area contributed by atoms with Gasteiger partial charge in [-0.05, 0) is 29.8 Å². The number of carbonyl (C=O) groups is 1. The van der Waals surface area contributed by atoms with Crippen LogP contribution in [0.2, 0.25) is 0 Å². The van der Waals surface area contributed by atoms with Crippen molar-refractivity contribution in [3.05, 3.63) is 89.5 Å². The van der Waals surface area contributed by atoms with Gasteiger partial charge < -0.3 is 19.5 Å². The van der Waals surface area contributed by atoms with Gasteiger partial charge in [0.2, 0.25) is 0 Å². The summed E-state index contributed by atoms with van der Waals surface area (Å²) in [6.45, 7) is 3.82. The van der Waals surface area contributed by atoms with Gasteiger partial charge in [0.1, 0.15) is 25.1 Å². The number of nitrogens with one attached hydrogen (secondary N) is 1. The molecule has 164 valence electrons. The number of hydrogen-bond donors (Lipinski definition) is 1. The lowest BCUT2D eigenvalue weighted by molar-refractivity contribution is 0.0942. The lowest BCUT2D eigenvalue weighted by Crippen LogP contribution is -2.36. The van der Waals surface area contributed by atoms with Gasteiger partial charge in [0.25, 0.3) is 5.91 Å². The molecule has 0 radical (unpaired) electrons. The van der Waals surface area contributed by atoms with Crippen molar-refractivity contribution in [1.82, 2.24) is 10.2 Å². The summed E-state index contributed by atoms with van der Waals surface area (Å²) >= 11 is 0. The zero-order chi connectivity index (χ0) is 21.8.